The summed E-state index contributed by atoms with van der Waals surface area (Å²) in [6.07, 6.45) is -0.773. The van der Waals surface area contributed by atoms with Crippen LogP contribution in [0, 0.1) is 17.5 Å². The molecule has 7 heteroatoms. The second-order valence-electron chi connectivity index (χ2n) is 8.79. The number of carbonyl (C=O) groups is 1. The van der Waals surface area contributed by atoms with Crippen LogP contribution in [0.15, 0.2) is 66.7 Å². The fourth-order valence-corrected chi connectivity index (χ4v) is 4.55. The van der Waals surface area contributed by atoms with Crippen molar-refractivity contribution in [3.05, 3.63) is 95.3 Å². The van der Waals surface area contributed by atoms with Crippen LogP contribution < -0.4 is 0 Å². The van der Waals surface area contributed by atoms with Crippen molar-refractivity contribution in [3.8, 4) is 11.1 Å². The van der Waals surface area contributed by atoms with Gasteiger partial charge in [0.25, 0.3) is 0 Å². The van der Waals surface area contributed by atoms with Gasteiger partial charge in [0.15, 0.2) is 0 Å². The summed E-state index contributed by atoms with van der Waals surface area (Å²) in [4.78, 5) is 14.6. The lowest BCUT2D eigenvalue weighted by Crippen LogP contribution is -2.49. The average Bonchev–Trinajstić information content (AvgIpc) is 2.79. The molecule has 1 amide bonds. The number of carbonyl (C=O) groups excluding carboxylic acids is 1. The zero-order valence-corrected chi connectivity index (χ0v) is 19.0. The van der Waals surface area contributed by atoms with Gasteiger partial charge in [0, 0.05) is 24.9 Å². The fraction of sp³-hybridized carbons (Fsp3) is 0.296. The standard InChI is InChI=1S/C27H26F3NO3/c1-17(32)16-27(21-6-10-23(29)11-7-21)13-14-31(26(33)34-27)18(2)20-5-12-24(25(30)15-20)19-3-8-22(28)9-4-19/h3-12,15,17-18,32H,13-14,16H2,1-2H3/t17?,18-,27-/m0/s1. The van der Waals surface area contributed by atoms with Crippen LogP contribution in [0.3, 0.4) is 0 Å². The van der Waals surface area contributed by atoms with Crippen LogP contribution in [0.25, 0.3) is 11.1 Å². The molecule has 3 atom stereocenters. The summed E-state index contributed by atoms with van der Waals surface area (Å²) < 4.78 is 47.4. The van der Waals surface area contributed by atoms with Crippen LogP contribution in [0.4, 0.5) is 18.0 Å². The van der Waals surface area contributed by atoms with E-state index in [4.69, 9.17) is 4.74 Å². The number of aliphatic hydroxyl groups excluding tert-OH is 1. The summed E-state index contributed by atoms with van der Waals surface area (Å²) in [7, 11) is 0. The first-order valence-electron chi connectivity index (χ1n) is 11.2. The van der Waals surface area contributed by atoms with Crippen molar-refractivity contribution >= 4 is 6.09 Å². The van der Waals surface area contributed by atoms with E-state index in [1.165, 1.54) is 47.4 Å². The summed E-state index contributed by atoms with van der Waals surface area (Å²) in [5, 5.41) is 10.0. The largest absolute Gasteiger partial charge is 0.438 e. The Labute approximate surface area is 196 Å². The molecule has 1 aliphatic heterocycles. The van der Waals surface area contributed by atoms with Crippen molar-refractivity contribution in [3.63, 3.8) is 0 Å². The molecule has 3 aromatic rings. The molecule has 0 spiro atoms. The van der Waals surface area contributed by atoms with Gasteiger partial charge >= 0.3 is 6.09 Å². The van der Waals surface area contributed by atoms with E-state index >= 15 is 0 Å². The Kier molecular flexibility index (Phi) is 6.66. The van der Waals surface area contributed by atoms with Crippen molar-refractivity contribution in [2.24, 2.45) is 0 Å². The van der Waals surface area contributed by atoms with Gasteiger partial charge in [-0.3, -0.25) is 0 Å². The SMILES string of the molecule is CC(O)C[C@]1(c2ccc(F)cc2)CCN([C@@H](C)c2ccc(-c3ccc(F)cc3)c(F)c2)C(=O)O1. The Morgan fingerprint density at radius 3 is 2.15 bits per heavy atom. The van der Waals surface area contributed by atoms with Crippen molar-refractivity contribution in [1.82, 2.24) is 4.90 Å². The molecule has 34 heavy (non-hydrogen) atoms. The molecule has 1 aliphatic rings. The van der Waals surface area contributed by atoms with Gasteiger partial charge < -0.3 is 14.7 Å². The molecule has 0 aromatic heterocycles. The van der Waals surface area contributed by atoms with Gasteiger partial charge in [-0.2, -0.15) is 0 Å². The van der Waals surface area contributed by atoms with E-state index in [0.717, 1.165) is 0 Å². The summed E-state index contributed by atoms with van der Waals surface area (Å²) in [5.74, 6) is -1.28. The van der Waals surface area contributed by atoms with Crippen molar-refractivity contribution in [1.29, 1.82) is 0 Å². The highest BCUT2D eigenvalue weighted by Gasteiger charge is 2.44. The quantitative estimate of drug-likeness (QED) is 0.458. The first-order chi connectivity index (χ1) is 16.2. The minimum atomic E-state index is -1.08. The predicted molar refractivity (Wildman–Crippen MR) is 122 cm³/mol. The second kappa shape index (κ2) is 9.50. The number of amides is 1. The normalized spacial score (nSPS) is 20.1. The lowest BCUT2D eigenvalue weighted by atomic mass is 9.83. The fourth-order valence-electron chi connectivity index (χ4n) is 4.55. The number of hydrogen-bond donors (Lipinski definition) is 1. The highest BCUT2D eigenvalue weighted by Crippen LogP contribution is 2.40. The Balaban J connectivity index is 1.55. The van der Waals surface area contributed by atoms with E-state index < -0.39 is 41.3 Å². The molecule has 0 radical (unpaired) electrons. The van der Waals surface area contributed by atoms with E-state index in [-0.39, 0.29) is 6.42 Å². The average molecular weight is 470 g/mol. The molecule has 1 saturated heterocycles. The highest BCUT2D eigenvalue weighted by molar-refractivity contribution is 5.70. The lowest BCUT2D eigenvalue weighted by molar-refractivity contribution is -0.0816. The molecule has 3 aromatic carbocycles. The molecular weight excluding hydrogens is 443 g/mol. The first kappa shape index (κ1) is 23.8. The smallest absolute Gasteiger partial charge is 0.411 e. The molecule has 178 valence electrons. The van der Waals surface area contributed by atoms with Crippen molar-refractivity contribution in [2.75, 3.05) is 6.54 Å². The third-order valence-corrected chi connectivity index (χ3v) is 6.37. The minimum absolute atomic E-state index is 0.174. The summed E-state index contributed by atoms with van der Waals surface area (Å²) >= 11 is 0. The monoisotopic (exact) mass is 469 g/mol. The minimum Gasteiger partial charge on any atom is -0.438 e. The van der Waals surface area contributed by atoms with Gasteiger partial charge in [-0.05, 0) is 60.9 Å². The number of benzene rings is 3. The zero-order chi connectivity index (χ0) is 24.5. The van der Waals surface area contributed by atoms with Crippen molar-refractivity contribution in [2.45, 2.75) is 44.4 Å². The summed E-state index contributed by atoms with van der Waals surface area (Å²) in [6.45, 7) is 3.71. The van der Waals surface area contributed by atoms with Gasteiger partial charge in [0.05, 0.1) is 12.1 Å². The van der Waals surface area contributed by atoms with Crippen molar-refractivity contribution < 1.29 is 27.8 Å². The molecule has 4 nitrogen and oxygen atoms in total. The van der Waals surface area contributed by atoms with E-state index in [9.17, 15) is 23.1 Å². The molecule has 4 rings (SSSR count). The predicted octanol–water partition coefficient (Wildman–Crippen LogP) is 6.34. The third-order valence-electron chi connectivity index (χ3n) is 6.37. The number of nitrogens with zero attached hydrogens (tertiary/aromatic N) is 1. The number of ether oxygens (including phenoxy) is 1. The van der Waals surface area contributed by atoms with E-state index in [1.807, 2.05) is 0 Å². The maximum absolute atomic E-state index is 14.9. The van der Waals surface area contributed by atoms with E-state index in [1.54, 1.807) is 38.1 Å². The Morgan fingerprint density at radius 2 is 1.59 bits per heavy atom. The topological polar surface area (TPSA) is 49.8 Å². The van der Waals surface area contributed by atoms with Gasteiger partial charge in [-0.1, -0.05) is 36.4 Å². The van der Waals surface area contributed by atoms with E-state index in [2.05, 4.69) is 0 Å². The Bertz CT molecular complexity index is 1160. The molecule has 1 fully saturated rings. The molecule has 1 heterocycles. The van der Waals surface area contributed by atoms with Crippen LogP contribution in [0.2, 0.25) is 0 Å². The van der Waals surface area contributed by atoms with Gasteiger partial charge in [0.2, 0.25) is 0 Å². The molecular formula is C27H26F3NO3. The summed E-state index contributed by atoms with van der Waals surface area (Å²) in [6, 6.07) is 15.5. The number of rotatable bonds is 6. The van der Waals surface area contributed by atoms with Crippen LogP contribution in [0.5, 0.6) is 0 Å². The third kappa shape index (κ3) is 4.80. The Morgan fingerprint density at radius 1 is 0.971 bits per heavy atom. The maximum atomic E-state index is 14.9. The highest BCUT2D eigenvalue weighted by atomic mass is 19.1. The van der Waals surface area contributed by atoms with Crippen LogP contribution >= 0.6 is 0 Å². The number of halogens is 3. The molecule has 0 saturated carbocycles. The second-order valence-corrected chi connectivity index (χ2v) is 8.79. The molecule has 0 bridgehead atoms. The van der Waals surface area contributed by atoms with Crippen LogP contribution in [-0.2, 0) is 10.3 Å². The molecule has 1 unspecified atom stereocenters. The summed E-state index contributed by atoms with van der Waals surface area (Å²) in [5.41, 5.74) is 1.02. The molecule has 0 aliphatic carbocycles. The maximum Gasteiger partial charge on any atom is 0.411 e. The van der Waals surface area contributed by atoms with Gasteiger partial charge in [-0.25, -0.2) is 18.0 Å². The lowest BCUT2D eigenvalue weighted by Gasteiger charge is -2.44. The zero-order valence-electron chi connectivity index (χ0n) is 19.0. The first-order valence-corrected chi connectivity index (χ1v) is 11.2. The molecule has 1 N–H and O–H groups in total. The number of aliphatic hydroxyl groups is 1. The number of cyclic esters (lactones) is 1. The number of hydrogen-bond acceptors (Lipinski definition) is 3. The van der Waals surface area contributed by atoms with Crippen LogP contribution in [0.1, 0.15) is 43.9 Å². The Hall–Kier alpha value is -3.32. The van der Waals surface area contributed by atoms with Gasteiger partial charge in [-0.15, -0.1) is 0 Å². The van der Waals surface area contributed by atoms with E-state index in [0.29, 0.717) is 35.2 Å². The van der Waals surface area contributed by atoms with Gasteiger partial charge in [0.1, 0.15) is 23.1 Å². The van der Waals surface area contributed by atoms with Crippen LogP contribution in [-0.4, -0.2) is 28.7 Å².